The Morgan fingerprint density at radius 3 is 2.93 bits per heavy atom. The summed E-state index contributed by atoms with van der Waals surface area (Å²) in [6.07, 6.45) is 6.82. The van der Waals surface area contributed by atoms with E-state index in [9.17, 15) is 4.79 Å². The number of ether oxygens (including phenoxy) is 1. The quantitative estimate of drug-likeness (QED) is 0.271. The second-order valence-corrected chi connectivity index (χ2v) is 6.37. The van der Waals surface area contributed by atoms with Gasteiger partial charge in [0.25, 0.3) is 5.91 Å². The minimum absolute atomic E-state index is 0.00105. The van der Waals surface area contributed by atoms with Gasteiger partial charge in [-0.25, -0.2) is 5.43 Å². The lowest BCUT2D eigenvalue weighted by atomic mass is 10.2. The summed E-state index contributed by atoms with van der Waals surface area (Å²) < 4.78 is 5.56. The fourth-order valence-electron chi connectivity index (χ4n) is 2.36. The molecule has 0 unspecified atom stereocenters. The van der Waals surface area contributed by atoms with Crippen LogP contribution in [0, 0.1) is 0 Å². The van der Waals surface area contributed by atoms with Crippen LogP contribution in [0.4, 0.5) is 0 Å². The molecule has 4 N–H and O–H groups in total. The molecule has 0 atom stereocenters. The number of nitrogens with zero attached hydrogens (tertiary/aromatic N) is 3. The Labute approximate surface area is 159 Å². The number of unbranched alkanes of at least 4 members (excludes halogenated alkanes) is 2. The van der Waals surface area contributed by atoms with Gasteiger partial charge in [0, 0.05) is 43.3 Å². The predicted molar refractivity (Wildman–Crippen MR) is 109 cm³/mol. The van der Waals surface area contributed by atoms with Crippen LogP contribution in [0.5, 0.6) is 5.75 Å². The number of aromatic nitrogens is 1. The van der Waals surface area contributed by atoms with Crippen LogP contribution in [0.1, 0.15) is 31.7 Å². The average molecular weight is 372 g/mol. The van der Waals surface area contributed by atoms with Crippen molar-refractivity contribution in [2.24, 2.45) is 15.8 Å². The van der Waals surface area contributed by atoms with Crippen molar-refractivity contribution in [3.8, 4) is 5.75 Å². The molecule has 8 nitrogen and oxygen atoms in total. The summed E-state index contributed by atoms with van der Waals surface area (Å²) >= 11 is 0. The Hall–Kier alpha value is -3.03. The summed E-state index contributed by atoms with van der Waals surface area (Å²) in [5.74, 6) is 0.828. The molecule has 0 bridgehead atoms. The number of hydrogen-bond acceptors (Lipinski definition) is 4. The van der Waals surface area contributed by atoms with Crippen LogP contribution in [0.3, 0.4) is 0 Å². The fraction of sp³-hybridized carbons (Fsp3) is 0.421. The second kappa shape index (κ2) is 10.2. The highest BCUT2D eigenvalue weighted by atomic mass is 16.5. The van der Waals surface area contributed by atoms with Crippen LogP contribution in [-0.2, 0) is 4.79 Å². The van der Waals surface area contributed by atoms with Crippen molar-refractivity contribution in [1.29, 1.82) is 0 Å². The number of carbonyl (C=O) groups excluding carboxylic acids is 1. The Morgan fingerprint density at radius 2 is 2.19 bits per heavy atom. The molecule has 1 aromatic carbocycles. The van der Waals surface area contributed by atoms with Crippen LogP contribution in [-0.4, -0.2) is 55.2 Å². The Kier molecular flexibility index (Phi) is 7.66. The zero-order valence-corrected chi connectivity index (χ0v) is 16.2. The number of guanidine groups is 1. The Balaban J connectivity index is 1.99. The number of hydrazone groups is 1. The predicted octanol–water partition coefficient (Wildman–Crippen LogP) is 2.06. The first-order valence-electron chi connectivity index (χ1n) is 9.04. The van der Waals surface area contributed by atoms with Crippen LogP contribution >= 0.6 is 0 Å². The molecular formula is C19H28N6O2. The van der Waals surface area contributed by atoms with E-state index >= 15 is 0 Å². The number of fused-ring (bicyclic) bond motifs is 1. The molecule has 0 saturated carbocycles. The van der Waals surface area contributed by atoms with Crippen molar-refractivity contribution in [2.45, 2.75) is 26.2 Å². The van der Waals surface area contributed by atoms with Gasteiger partial charge in [-0.2, -0.15) is 5.10 Å². The number of nitrogens with two attached hydrogens (primary N) is 1. The monoisotopic (exact) mass is 372 g/mol. The number of benzene rings is 1. The Bertz CT molecular complexity index is 810. The zero-order chi connectivity index (χ0) is 19.6. The third-order valence-corrected chi connectivity index (χ3v) is 3.97. The number of H-pyrrole nitrogens is 1. The van der Waals surface area contributed by atoms with Gasteiger partial charge in [0.2, 0.25) is 5.96 Å². The first-order chi connectivity index (χ1) is 13.0. The van der Waals surface area contributed by atoms with Gasteiger partial charge in [-0.05, 0) is 24.6 Å². The van der Waals surface area contributed by atoms with Gasteiger partial charge in [0.15, 0.2) is 6.61 Å². The van der Waals surface area contributed by atoms with E-state index < -0.39 is 0 Å². The third-order valence-electron chi connectivity index (χ3n) is 3.97. The highest BCUT2D eigenvalue weighted by Gasteiger charge is 2.07. The van der Waals surface area contributed by atoms with Crippen LogP contribution in [0.2, 0.25) is 0 Å². The minimum Gasteiger partial charge on any atom is -0.484 e. The van der Waals surface area contributed by atoms with E-state index in [0.717, 1.165) is 35.7 Å². The van der Waals surface area contributed by atoms with E-state index in [1.54, 1.807) is 20.3 Å². The molecule has 0 aliphatic heterocycles. The number of nitrogens with one attached hydrogen (secondary N) is 2. The highest BCUT2D eigenvalue weighted by Crippen LogP contribution is 2.22. The molecule has 146 valence electrons. The number of hydrogen-bond donors (Lipinski definition) is 3. The van der Waals surface area contributed by atoms with Gasteiger partial charge in [-0.1, -0.05) is 19.8 Å². The number of rotatable bonds is 9. The van der Waals surface area contributed by atoms with Gasteiger partial charge < -0.3 is 20.4 Å². The maximum atomic E-state index is 11.7. The summed E-state index contributed by atoms with van der Waals surface area (Å²) in [6.45, 7) is 2.84. The molecule has 1 amide bonds. The van der Waals surface area contributed by atoms with E-state index in [1.165, 1.54) is 4.90 Å². The molecule has 1 aromatic heterocycles. The van der Waals surface area contributed by atoms with Crippen molar-refractivity contribution >= 4 is 29.0 Å². The number of amides is 1. The third kappa shape index (κ3) is 6.32. The summed E-state index contributed by atoms with van der Waals surface area (Å²) in [4.78, 5) is 20.5. The van der Waals surface area contributed by atoms with Gasteiger partial charge >= 0.3 is 0 Å². The molecule has 2 aromatic rings. The maximum Gasteiger partial charge on any atom is 0.259 e. The molecule has 0 spiro atoms. The first kappa shape index (κ1) is 20.3. The molecule has 0 aliphatic rings. The summed E-state index contributed by atoms with van der Waals surface area (Å²) in [5.41, 5.74) is 10.3. The summed E-state index contributed by atoms with van der Waals surface area (Å²) in [7, 11) is 3.39. The molecule has 0 saturated heterocycles. The van der Waals surface area contributed by atoms with Gasteiger partial charge in [0.05, 0.1) is 6.21 Å². The van der Waals surface area contributed by atoms with Crippen molar-refractivity contribution in [2.75, 3.05) is 27.2 Å². The van der Waals surface area contributed by atoms with Gasteiger partial charge in [-0.15, -0.1) is 0 Å². The lowest BCUT2D eigenvalue weighted by Gasteiger charge is -2.11. The zero-order valence-electron chi connectivity index (χ0n) is 16.2. The standard InChI is InChI=1S/C19H28N6O2/c1-4-5-6-9-21-19(20)24-23-12-14-11-22-17-8-7-15(10-16(14)17)27-13-18(26)25(2)3/h7-8,10-12,22H,4-6,9,13H2,1-3H3,(H3,20,21,24)/b23-12+. The minimum atomic E-state index is -0.0937. The normalized spacial score (nSPS) is 11.9. The van der Waals surface area contributed by atoms with Crippen molar-refractivity contribution in [3.05, 3.63) is 30.0 Å². The van der Waals surface area contributed by atoms with Crippen LogP contribution < -0.4 is 15.9 Å². The smallest absolute Gasteiger partial charge is 0.259 e. The van der Waals surface area contributed by atoms with Crippen molar-refractivity contribution in [3.63, 3.8) is 0 Å². The fourth-order valence-corrected chi connectivity index (χ4v) is 2.36. The summed E-state index contributed by atoms with van der Waals surface area (Å²) in [6, 6.07) is 5.60. The highest BCUT2D eigenvalue weighted by molar-refractivity contribution is 5.99. The van der Waals surface area contributed by atoms with Crippen molar-refractivity contribution in [1.82, 2.24) is 15.3 Å². The molecule has 0 aliphatic carbocycles. The molecule has 0 fully saturated rings. The van der Waals surface area contributed by atoms with E-state index in [-0.39, 0.29) is 12.5 Å². The van der Waals surface area contributed by atoms with Crippen LogP contribution in [0.25, 0.3) is 10.9 Å². The average Bonchev–Trinajstić information content (AvgIpc) is 3.05. The SMILES string of the molecule is CCCCCN=C(N)N/N=C/c1c[nH]c2ccc(OCC(=O)N(C)C)cc12. The molecule has 8 heteroatoms. The van der Waals surface area contributed by atoms with Gasteiger partial charge in [0.1, 0.15) is 5.75 Å². The lowest BCUT2D eigenvalue weighted by Crippen LogP contribution is -2.27. The maximum absolute atomic E-state index is 11.7. The molecule has 2 rings (SSSR count). The lowest BCUT2D eigenvalue weighted by molar-refractivity contribution is -0.130. The summed E-state index contributed by atoms with van der Waals surface area (Å²) in [5, 5.41) is 5.08. The number of carbonyl (C=O) groups is 1. The van der Waals surface area contributed by atoms with E-state index in [0.29, 0.717) is 18.3 Å². The largest absolute Gasteiger partial charge is 0.484 e. The first-order valence-corrected chi connectivity index (χ1v) is 9.04. The molecule has 1 heterocycles. The van der Waals surface area contributed by atoms with E-state index in [1.807, 2.05) is 24.4 Å². The van der Waals surface area contributed by atoms with Gasteiger partial charge in [-0.3, -0.25) is 9.79 Å². The van der Waals surface area contributed by atoms with E-state index in [2.05, 4.69) is 27.4 Å². The Morgan fingerprint density at radius 1 is 1.37 bits per heavy atom. The number of aromatic amines is 1. The van der Waals surface area contributed by atoms with Crippen molar-refractivity contribution < 1.29 is 9.53 Å². The topological polar surface area (TPSA) is 108 Å². The number of aliphatic imine (C=N–C) groups is 1. The number of likely N-dealkylation sites (N-methyl/N-ethyl adjacent to an activating group) is 1. The van der Waals surface area contributed by atoms with Crippen LogP contribution in [0.15, 0.2) is 34.5 Å². The van der Waals surface area contributed by atoms with E-state index in [4.69, 9.17) is 10.5 Å². The molecular weight excluding hydrogens is 344 g/mol. The second-order valence-electron chi connectivity index (χ2n) is 6.37. The molecule has 27 heavy (non-hydrogen) atoms. The molecule has 0 radical (unpaired) electrons.